The number of rotatable bonds is 4. The molecule has 4 heteroatoms. The molecule has 2 rings (SSSR count). The summed E-state index contributed by atoms with van der Waals surface area (Å²) in [6.07, 6.45) is 7.27. The van der Waals surface area contributed by atoms with E-state index in [2.05, 4.69) is 28.7 Å². The Morgan fingerprint density at radius 2 is 2.06 bits per heavy atom. The zero-order valence-electron chi connectivity index (χ0n) is 10.8. The van der Waals surface area contributed by atoms with Crippen LogP contribution in [0.1, 0.15) is 38.8 Å². The first-order chi connectivity index (χ1) is 8.17. The maximum Gasteiger partial charge on any atom is 0.141 e. The van der Waals surface area contributed by atoms with Crippen molar-refractivity contribution in [1.29, 1.82) is 0 Å². The van der Waals surface area contributed by atoms with Gasteiger partial charge in [0.25, 0.3) is 0 Å². The van der Waals surface area contributed by atoms with Crippen molar-refractivity contribution >= 4 is 5.82 Å². The molecule has 0 unspecified atom stereocenters. The molecule has 1 saturated heterocycles. The van der Waals surface area contributed by atoms with E-state index in [0.29, 0.717) is 11.2 Å². The second-order valence-corrected chi connectivity index (χ2v) is 5.10. The summed E-state index contributed by atoms with van der Waals surface area (Å²) in [7, 11) is 0. The highest BCUT2D eigenvalue weighted by Gasteiger charge is 2.34. The Hall–Kier alpha value is -1.16. The summed E-state index contributed by atoms with van der Waals surface area (Å²) in [5, 5.41) is 0. The molecule has 1 aliphatic rings. The van der Waals surface area contributed by atoms with E-state index in [1.165, 1.54) is 32.4 Å². The fourth-order valence-corrected chi connectivity index (χ4v) is 2.67. The van der Waals surface area contributed by atoms with Crippen LogP contribution in [0.3, 0.4) is 0 Å². The fourth-order valence-electron chi connectivity index (χ4n) is 2.67. The van der Waals surface area contributed by atoms with Crippen LogP contribution in [0.2, 0.25) is 0 Å². The van der Waals surface area contributed by atoms with Crippen molar-refractivity contribution in [3.05, 3.63) is 18.1 Å². The summed E-state index contributed by atoms with van der Waals surface area (Å²) in [6, 6.07) is 0. The lowest BCUT2D eigenvalue weighted by atomic mass is 9.82. The molecule has 0 amide bonds. The smallest absolute Gasteiger partial charge is 0.141 e. The topological polar surface area (TPSA) is 55.0 Å². The molecule has 94 valence electrons. The van der Waals surface area contributed by atoms with Crippen LogP contribution >= 0.6 is 0 Å². The maximum absolute atomic E-state index is 5.53. The molecular weight excluding hydrogens is 212 g/mol. The van der Waals surface area contributed by atoms with Crippen molar-refractivity contribution in [1.82, 2.24) is 14.9 Å². The average molecular weight is 234 g/mol. The van der Waals surface area contributed by atoms with Gasteiger partial charge < -0.3 is 5.73 Å². The van der Waals surface area contributed by atoms with Crippen molar-refractivity contribution in [3.8, 4) is 0 Å². The van der Waals surface area contributed by atoms with E-state index in [9.17, 15) is 0 Å². The molecule has 0 atom stereocenters. The largest absolute Gasteiger partial charge is 0.382 e. The second kappa shape index (κ2) is 5.00. The Labute approximate surface area is 103 Å². The number of hydrogen-bond donors (Lipinski definition) is 1. The summed E-state index contributed by atoms with van der Waals surface area (Å²) in [5.74, 6) is 0.492. The standard InChI is InChI=1S/C13H22N4/c1-3-13(4-2)5-6-17(10-13)9-11-7-16-12(14)8-15-11/h7-8H,3-6,9-10H2,1-2H3,(H2,14,16). The third-order valence-corrected chi connectivity index (χ3v) is 4.13. The average Bonchev–Trinajstić information content (AvgIpc) is 2.76. The first-order valence-corrected chi connectivity index (χ1v) is 6.46. The van der Waals surface area contributed by atoms with Gasteiger partial charge in [-0.1, -0.05) is 13.8 Å². The molecule has 1 aromatic rings. The lowest BCUT2D eigenvalue weighted by Gasteiger charge is -2.26. The van der Waals surface area contributed by atoms with Gasteiger partial charge >= 0.3 is 0 Å². The van der Waals surface area contributed by atoms with Crippen molar-refractivity contribution < 1.29 is 0 Å². The Morgan fingerprint density at radius 1 is 1.29 bits per heavy atom. The highest BCUT2D eigenvalue weighted by atomic mass is 15.2. The first kappa shape index (κ1) is 12.3. The molecule has 1 fully saturated rings. The Bertz CT molecular complexity index is 356. The van der Waals surface area contributed by atoms with Gasteiger partial charge in [-0.15, -0.1) is 0 Å². The van der Waals surface area contributed by atoms with E-state index >= 15 is 0 Å². The van der Waals surface area contributed by atoms with Gasteiger partial charge in [0.15, 0.2) is 0 Å². The van der Waals surface area contributed by atoms with E-state index in [1.807, 2.05) is 0 Å². The van der Waals surface area contributed by atoms with E-state index in [-0.39, 0.29) is 0 Å². The summed E-state index contributed by atoms with van der Waals surface area (Å²) in [4.78, 5) is 10.9. The van der Waals surface area contributed by atoms with Crippen LogP contribution in [-0.4, -0.2) is 28.0 Å². The number of anilines is 1. The van der Waals surface area contributed by atoms with Crippen molar-refractivity contribution in [2.75, 3.05) is 18.8 Å². The van der Waals surface area contributed by atoms with Crippen molar-refractivity contribution in [2.24, 2.45) is 5.41 Å². The minimum atomic E-state index is 0.492. The quantitative estimate of drug-likeness (QED) is 0.866. The van der Waals surface area contributed by atoms with E-state index < -0.39 is 0 Å². The molecule has 1 aromatic heterocycles. The number of likely N-dealkylation sites (tertiary alicyclic amines) is 1. The lowest BCUT2D eigenvalue weighted by molar-refractivity contribution is 0.234. The SMILES string of the molecule is CCC1(CC)CCN(Cc2cnc(N)cn2)C1. The van der Waals surface area contributed by atoms with Crippen LogP contribution in [-0.2, 0) is 6.54 Å². The lowest BCUT2D eigenvalue weighted by Crippen LogP contribution is -2.26. The van der Waals surface area contributed by atoms with Gasteiger partial charge in [-0.3, -0.25) is 9.88 Å². The predicted molar refractivity (Wildman–Crippen MR) is 69.4 cm³/mol. The highest BCUT2D eigenvalue weighted by Crippen LogP contribution is 2.37. The minimum Gasteiger partial charge on any atom is -0.382 e. The zero-order chi connectivity index (χ0) is 12.3. The van der Waals surface area contributed by atoms with Crippen LogP contribution in [0.5, 0.6) is 0 Å². The Morgan fingerprint density at radius 3 is 2.59 bits per heavy atom. The summed E-state index contributed by atoms with van der Waals surface area (Å²) in [6.45, 7) is 7.86. The summed E-state index contributed by atoms with van der Waals surface area (Å²) < 4.78 is 0. The van der Waals surface area contributed by atoms with Crippen LogP contribution in [0.25, 0.3) is 0 Å². The van der Waals surface area contributed by atoms with Gasteiger partial charge in [0, 0.05) is 13.1 Å². The predicted octanol–water partition coefficient (Wildman–Crippen LogP) is 2.07. The first-order valence-electron chi connectivity index (χ1n) is 6.46. The number of hydrogen-bond acceptors (Lipinski definition) is 4. The second-order valence-electron chi connectivity index (χ2n) is 5.10. The number of aromatic nitrogens is 2. The van der Waals surface area contributed by atoms with E-state index in [1.54, 1.807) is 12.4 Å². The minimum absolute atomic E-state index is 0.492. The molecule has 2 heterocycles. The fraction of sp³-hybridized carbons (Fsp3) is 0.692. The van der Waals surface area contributed by atoms with Gasteiger partial charge in [0.2, 0.25) is 0 Å². The number of nitrogen functional groups attached to an aromatic ring is 1. The number of nitrogens with zero attached hydrogens (tertiary/aromatic N) is 3. The molecule has 0 spiro atoms. The van der Waals surface area contributed by atoms with Crippen molar-refractivity contribution in [3.63, 3.8) is 0 Å². The van der Waals surface area contributed by atoms with E-state index in [0.717, 1.165) is 12.2 Å². The molecule has 4 nitrogen and oxygen atoms in total. The highest BCUT2D eigenvalue weighted by molar-refractivity contribution is 5.22. The normalized spacial score (nSPS) is 19.6. The molecule has 0 aliphatic carbocycles. The van der Waals surface area contributed by atoms with Crippen molar-refractivity contribution in [2.45, 2.75) is 39.7 Å². The van der Waals surface area contributed by atoms with Crippen LogP contribution < -0.4 is 5.73 Å². The summed E-state index contributed by atoms with van der Waals surface area (Å²) in [5.41, 5.74) is 7.08. The van der Waals surface area contributed by atoms with Gasteiger partial charge in [0.05, 0.1) is 18.1 Å². The maximum atomic E-state index is 5.53. The van der Waals surface area contributed by atoms with Crippen LogP contribution in [0.15, 0.2) is 12.4 Å². The van der Waals surface area contributed by atoms with Gasteiger partial charge in [-0.05, 0) is 31.2 Å². The molecule has 0 bridgehead atoms. The van der Waals surface area contributed by atoms with Crippen LogP contribution in [0.4, 0.5) is 5.82 Å². The Kier molecular flexibility index (Phi) is 3.62. The van der Waals surface area contributed by atoms with Gasteiger partial charge in [-0.2, -0.15) is 0 Å². The molecule has 1 aliphatic heterocycles. The monoisotopic (exact) mass is 234 g/mol. The molecule has 0 aromatic carbocycles. The Balaban J connectivity index is 1.95. The summed E-state index contributed by atoms with van der Waals surface area (Å²) >= 11 is 0. The van der Waals surface area contributed by atoms with Gasteiger partial charge in [-0.25, -0.2) is 4.98 Å². The third-order valence-electron chi connectivity index (χ3n) is 4.13. The molecule has 17 heavy (non-hydrogen) atoms. The number of nitrogens with two attached hydrogens (primary N) is 1. The molecule has 0 saturated carbocycles. The molecule has 0 radical (unpaired) electrons. The third kappa shape index (κ3) is 2.75. The van der Waals surface area contributed by atoms with Crippen LogP contribution in [0, 0.1) is 5.41 Å². The zero-order valence-corrected chi connectivity index (χ0v) is 10.8. The molecular formula is C13H22N4. The molecule has 2 N–H and O–H groups in total. The van der Waals surface area contributed by atoms with Gasteiger partial charge in [0.1, 0.15) is 5.82 Å². The van der Waals surface area contributed by atoms with E-state index in [4.69, 9.17) is 5.73 Å².